The van der Waals surface area contributed by atoms with Crippen LogP contribution in [0.1, 0.15) is 34.7 Å². The van der Waals surface area contributed by atoms with E-state index < -0.39 is 17.8 Å². The van der Waals surface area contributed by atoms with E-state index in [9.17, 15) is 14.0 Å². The Hall–Kier alpha value is -2.63. The summed E-state index contributed by atoms with van der Waals surface area (Å²) in [5.41, 5.74) is 1.81. The van der Waals surface area contributed by atoms with Crippen molar-refractivity contribution in [1.29, 1.82) is 0 Å². The molecule has 2 heterocycles. The Bertz CT molecular complexity index is 819. The maximum absolute atomic E-state index is 14.0. The highest BCUT2D eigenvalue weighted by atomic mass is 19.1. The van der Waals surface area contributed by atoms with Crippen molar-refractivity contribution in [3.05, 3.63) is 53.4 Å². The topological polar surface area (TPSA) is 54.2 Å². The Kier molecular flexibility index (Phi) is 2.79. The molecular weight excluding hydrogens is 285 g/mol. The van der Waals surface area contributed by atoms with E-state index >= 15 is 0 Å². The number of fused-ring (bicyclic) bond motifs is 3. The van der Waals surface area contributed by atoms with Gasteiger partial charge in [0.25, 0.3) is 0 Å². The average molecular weight is 298 g/mol. The third-order valence-electron chi connectivity index (χ3n) is 4.16. The van der Waals surface area contributed by atoms with Crippen LogP contribution in [0.2, 0.25) is 0 Å². The minimum Gasteiger partial charge on any atom is -0.252 e. The molecule has 0 unspecified atom stereocenters. The van der Waals surface area contributed by atoms with Crippen molar-refractivity contribution in [1.82, 2.24) is 4.98 Å². The summed E-state index contributed by atoms with van der Waals surface area (Å²) in [5, 5.41) is 0. The van der Waals surface area contributed by atoms with Gasteiger partial charge in [-0.3, -0.25) is 4.98 Å². The van der Waals surface area contributed by atoms with E-state index in [0.717, 1.165) is 35.6 Å². The Morgan fingerprint density at radius 1 is 1.14 bits per heavy atom. The van der Waals surface area contributed by atoms with E-state index in [-0.39, 0.29) is 11.4 Å². The van der Waals surface area contributed by atoms with E-state index in [2.05, 4.69) is 4.98 Å². The number of imide groups is 1. The van der Waals surface area contributed by atoms with Crippen molar-refractivity contribution in [3.8, 4) is 0 Å². The van der Waals surface area contributed by atoms with Crippen LogP contribution in [0.4, 0.5) is 14.9 Å². The molecule has 1 aromatic heterocycles. The van der Waals surface area contributed by atoms with Crippen LogP contribution in [-0.2, 0) is 12.8 Å². The number of hydrogen-bond donors (Lipinski definition) is 0. The molecule has 5 nitrogen and oxygen atoms in total. The first kappa shape index (κ1) is 13.1. The lowest BCUT2D eigenvalue weighted by atomic mass is 10.00. The predicted molar refractivity (Wildman–Crippen MR) is 75.1 cm³/mol. The number of halogens is 1. The summed E-state index contributed by atoms with van der Waals surface area (Å²) in [4.78, 5) is 30.4. The van der Waals surface area contributed by atoms with Gasteiger partial charge in [-0.1, -0.05) is 12.1 Å². The number of aromatic nitrogens is 2. The van der Waals surface area contributed by atoms with Gasteiger partial charge >= 0.3 is 11.9 Å². The Labute approximate surface area is 126 Å². The third-order valence-corrected chi connectivity index (χ3v) is 4.16. The quantitative estimate of drug-likeness (QED) is 0.757. The molecule has 6 heteroatoms. The molecule has 2 amide bonds. The van der Waals surface area contributed by atoms with Crippen LogP contribution in [-0.4, -0.2) is 16.9 Å². The molecule has 2 aromatic rings. The fourth-order valence-electron chi connectivity index (χ4n) is 3.11. The molecule has 4 rings (SSSR count). The minimum absolute atomic E-state index is 0.0224. The highest BCUT2D eigenvalue weighted by Crippen LogP contribution is 2.25. The van der Waals surface area contributed by atoms with Gasteiger partial charge in [0.05, 0.1) is 11.9 Å². The summed E-state index contributed by atoms with van der Waals surface area (Å²) in [6, 6.07) is 5.26. The van der Waals surface area contributed by atoms with Crippen LogP contribution in [0.3, 0.4) is 0 Å². The van der Waals surface area contributed by atoms with Crippen molar-refractivity contribution in [2.75, 3.05) is 4.90 Å². The molecule has 0 spiro atoms. The molecule has 0 radical (unpaired) electrons. The van der Waals surface area contributed by atoms with Crippen molar-refractivity contribution in [3.63, 3.8) is 0 Å². The lowest BCUT2D eigenvalue weighted by Crippen LogP contribution is -2.50. The zero-order valence-electron chi connectivity index (χ0n) is 11.8. The number of nitrogens with zero attached hydrogens (tertiary/aromatic N) is 3. The molecule has 0 N–H and O–H groups in total. The molecule has 1 aromatic carbocycles. The maximum atomic E-state index is 14.0. The Morgan fingerprint density at radius 2 is 1.91 bits per heavy atom. The van der Waals surface area contributed by atoms with Gasteiger partial charge in [0, 0.05) is 6.42 Å². The number of carbonyl (C=O) groups is 2. The number of rotatable bonds is 1. The van der Waals surface area contributed by atoms with Crippen LogP contribution in [0, 0.1) is 5.82 Å². The van der Waals surface area contributed by atoms with Crippen LogP contribution < -0.4 is 9.47 Å². The number of aryl methyl sites for hydroxylation is 1. The van der Waals surface area contributed by atoms with Gasteiger partial charge in [-0.05, 0) is 31.4 Å². The number of hydrogen-bond acceptors (Lipinski definition) is 3. The summed E-state index contributed by atoms with van der Waals surface area (Å²) in [6.45, 7) is 0. The first-order valence-electron chi connectivity index (χ1n) is 7.24. The summed E-state index contributed by atoms with van der Waals surface area (Å²) in [6.07, 6.45) is 4.92. The second-order valence-electron chi connectivity index (χ2n) is 5.45. The number of anilines is 1. The van der Waals surface area contributed by atoms with Crippen molar-refractivity contribution in [2.45, 2.75) is 25.7 Å². The molecular formula is C16H13FN3O2+. The smallest absolute Gasteiger partial charge is 0.252 e. The normalized spacial score (nSPS) is 16.7. The standard InChI is InChI=1S/C16H13FN3O2/c17-10-5-1-3-7-12(10)20-15(21)14-9-18-11-6-2-4-8-13(11)19(14)16(20)22/h1,3,5,7,9H,2,4,6,8H2/q+1. The summed E-state index contributed by atoms with van der Waals surface area (Å²) in [5.74, 6) is -1.13. The van der Waals surface area contributed by atoms with E-state index in [1.807, 2.05) is 0 Å². The first-order chi connectivity index (χ1) is 10.7. The van der Waals surface area contributed by atoms with Gasteiger partial charge in [-0.15, -0.1) is 9.47 Å². The van der Waals surface area contributed by atoms with Gasteiger partial charge in [0.2, 0.25) is 5.69 Å². The molecule has 0 saturated heterocycles. The van der Waals surface area contributed by atoms with Gasteiger partial charge in [0.1, 0.15) is 5.69 Å². The number of carbonyl (C=O) groups excluding carboxylic acids is 2. The van der Waals surface area contributed by atoms with E-state index in [0.29, 0.717) is 6.42 Å². The fourth-order valence-corrected chi connectivity index (χ4v) is 3.11. The van der Waals surface area contributed by atoms with Crippen LogP contribution in [0.15, 0.2) is 30.5 Å². The molecule has 0 bridgehead atoms. The average Bonchev–Trinajstić information content (AvgIpc) is 2.80. The van der Waals surface area contributed by atoms with Crippen LogP contribution in [0.5, 0.6) is 0 Å². The maximum Gasteiger partial charge on any atom is 0.512 e. The lowest BCUT2D eigenvalue weighted by molar-refractivity contribution is -0.576. The molecule has 110 valence electrons. The fraction of sp³-hybridized carbons (Fsp3) is 0.250. The summed E-state index contributed by atoms with van der Waals surface area (Å²) in [7, 11) is 0. The largest absolute Gasteiger partial charge is 0.512 e. The Balaban J connectivity index is 1.89. The molecule has 22 heavy (non-hydrogen) atoms. The highest BCUT2D eigenvalue weighted by molar-refractivity contribution is 6.20. The summed E-state index contributed by atoms with van der Waals surface area (Å²) >= 11 is 0. The zero-order valence-corrected chi connectivity index (χ0v) is 11.8. The van der Waals surface area contributed by atoms with Crippen molar-refractivity contribution < 1.29 is 18.5 Å². The van der Waals surface area contributed by atoms with Crippen molar-refractivity contribution >= 4 is 17.6 Å². The minimum atomic E-state index is -0.598. The number of para-hydroxylation sites is 1. The van der Waals surface area contributed by atoms with Gasteiger partial charge in [-0.2, -0.15) is 4.79 Å². The lowest BCUT2D eigenvalue weighted by Gasteiger charge is -2.13. The van der Waals surface area contributed by atoms with E-state index in [1.54, 1.807) is 6.07 Å². The first-order valence-corrected chi connectivity index (χ1v) is 7.24. The molecule has 1 aliphatic heterocycles. The molecule has 2 aliphatic rings. The Morgan fingerprint density at radius 3 is 2.73 bits per heavy atom. The third kappa shape index (κ3) is 1.70. The van der Waals surface area contributed by atoms with Crippen LogP contribution in [0.25, 0.3) is 0 Å². The summed E-state index contributed by atoms with van der Waals surface area (Å²) < 4.78 is 15.4. The zero-order chi connectivity index (χ0) is 15.3. The SMILES string of the molecule is O=C1c2cnc3c([n+]2C(=O)N1c1ccccc1F)CCCC3. The second kappa shape index (κ2) is 4.69. The molecule has 0 fully saturated rings. The molecule has 1 aliphatic carbocycles. The van der Waals surface area contributed by atoms with Crippen molar-refractivity contribution in [2.24, 2.45) is 0 Å². The molecule has 0 saturated carbocycles. The number of benzene rings is 1. The predicted octanol–water partition coefficient (Wildman–Crippen LogP) is 2.02. The monoisotopic (exact) mass is 298 g/mol. The highest BCUT2D eigenvalue weighted by Gasteiger charge is 2.50. The molecule has 0 atom stereocenters. The van der Waals surface area contributed by atoms with E-state index in [4.69, 9.17) is 0 Å². The van der Waals surface area contributed by atoms with Crippen LogP contribution >= 0.6 is 0 Å². The van der Waals surface area contributed by atoms with Gasteiger partial charge < -0.3 is 0 Å². The van der Waals surface area contributed by atoms with Gasteiger partial charge in [0.15, 0.2) is 11.5 Å². The number of amides is 2. The second-order valence-corrected chi connectivity index (χ2v) is 5.45. The van der Waals surface area contributed by atoms with Gasteiger partial charge in [-0.25, -0.2) is 9.18 Å². The van der Waals surface area contributed by atoms with E-state index in [1.165, 1.54) is 29.0 Å².